The molecule has 0 atom stereocenters. The normalized spacial score (nSPS) is 13.3. The van der Waals surface area contributed by atoms with E-state index in [0.29, 0.717) is 11.5 Å². The molecule has 278 valence electrons. The first-order valence-corrected chi connectivity index (χ1v) is 21.0. The third-order valence-corrected chi connectivity index (χ3v) is 13.2. The van der Waals surface area contributed by atoms with Crippen molar-refractivity contribution in [2.45, 2.75) is 0 Å². The molecule has 0 saturated heterocycles. The predicted octanol–water partition coefficient (Wildman–Crippen LogP) is 14.8. The highest BCUT2D eigenvalue weighted by Gasteiger charge is 2.25. The summed E-state index contributed by atoms with van der Waals surface area (Å²) in [7, 11) is 0. The second-order valence-corrected chi connectivity index (χ2v) is 16.5. The molecule has 12 aromatic rings. The van der Waals surface area contributed by atoms with Crippen LogP contribution in [-0.2, 0) is 0 Å². The minimum Gasteiger partial charge on any atom is -0.454 e. The maximum absolute atomic E-state index is 6.95. The van der Waals surface area contributed by atoms with Gasteiger partial charge in [0.05, 0.1) is 22.4 Å². The molecule has 0 saturated carbocycles. The zero-order valence-electron chi connectivity index (χ0n) is 32.1. The molecule has 1 aliphatic rings. The lowest BCUT2D eigenvalue weighted by molar-refractivity contribution is 0.666. The van der Waals surface area contributed by atoms with Crippen LogP contribution in [0, 0.1) is 0 Å². The zero-order chi connectivity index (χ0) is 39.3. The highest BCUT2D eigenvalue weighted by atomic mass is 32.1. The van der Waals surface area contributed by atoms with Gasteiger partial charge in [-0.3, -0.25) is 0 Å². The van der Waals surface area contributed by atoms with Gasteiger partial charge in [-0.2, -0.15) is 0 Å². The van der Waals surface area contributed by atoms with E-state index in [1.54, 1.807) is 0 Å². The van der Waals surface area contributed by atoms with Gasteiger partial charge in [0.1, 0.15) is 11.3 Å². The smallest absolute Gasteiger partial charge is 0.161 e. The van der Waals surface area contributed by atoms with Crippen molar-refractivity contribution in [3.63, 3.8) is 0 Å². The number of fused-ring (bicyclic) bond motifs is 11. The molecule has 4 nitrogen and oxygen atoms in total. The summed E-state index contributed by atoms with van der Waals surface area (Å²) in [5, 5.41) is 11.5. The summed E-state index contributed by atoms with van der Waals surface area (Å²) >= 11 is 1.81. The fourth-order valence-corrected chi connectivity index (χ4v) is 10.5. The molecule has 9 aromatic carbocycles. The molecule has 0 spiro atoms. The minimum atomic E-state index is 0.624. The van der Waals surface area contributed by atoms with Crippen LogP contribution in [0.3, 0.4) is 0 Å². The van der Waals surface area contributed by atoms with Gasteiger partial charge in [-0.1, -0.05) is 139 Å². The standard InChI is InChI=1S/C55H31N3OS/c1-2-15-35-32-48-44(31-34(35)14-1)37-18-5-8-23-47(37)58(48)53-42(28-27-39-38-19-6-9-24-49(38)59-54(39)53)46-30-29-45(41-22-12-26-51-52(41)43-20-7-10-25-50(43)60-51)56-55(57-46)40-21-11-16-33-13-3-4-17-36(33)40/h1-29,31-32H. The van der Waals surface area contributed by atoms with E-state index in [-0.39, 0.29) is 0 Å². The maximum Gasteiger partial charge on any atom is 0.161 e. The van der Waals surface area contributed by atoms with Gasteiger partial charge in [0.25, 0.3) is 0 Å². The summed E-state index contributed by atoms with van der Waals surface area (Å²) < 4.78 is 11.8. The SMILES string of the molecule is C1=CC(c2cccc3sc4ccccc4c23)=NC(c2cccc3ccccc23)=NC=1c1ccc2c(oc3ccccc32)c1-n1c2ccccc2c2cc3ccccc3cc21. The molecule has 0 aliphatic carbocycles. The Bertz CT molecular complexity index is 3940. The summed E-state index contributed by atoms with van der Waals surface area (Å²) in [4.78, 5) is 11.1. The van der Waals surface area contributed by atoms with Gasteiger partial charge < -0.3 is 8.98 Å². The second kappa shape index (κ2) is 12.8. The summed E-state index contributed by atoms with van der Waals surface area (Å²) in [6.07, 6.45) is 2.03. The number of hydrogen-bond donors (Lipinski definition) is 0. The Kier molecular flexibility index (Phi) is 7.10. The third kappa shape index (κ3) is 4.91. The van der Waals surface area contributed by atoms with Crippen molar-refractivity contribution in [2.75, 3.05) is 0 Å². The van der Waals surface area contributed by atoms with E-state index >= 15 is 0 Å². The van der Waals surface area contributed by atoms with E-state index in [1.807, 2.05) is 23.5 Å². The molecule has 0 fully saturated rings. The third-order valence-electron chi connectivity index (χ3n) is 12.0. The molecule has 5 heteroatoms. The Labute approximate surface area is 347 Å². The molecular weight excluding hydrogens is 751 g/mol. The Morgan fingerprint density at radius 3 is 2.05 bits per heavy atom. The van der Waals surface area contributed by atoms with Crippen LogP contribution in [-0.4, -0.2) is 16.1 Å². The van der Waals surface area contributed by atoms with Gasteiger partial charge in [0.2, 0.25) is 0 Å². The average molecular weight is 782 g/mol. The van der Waals surface area contributed by atoms with Gasteiger partial charge in [0, 0.05) is 64.5 Å². The highest BCUT2D eigenvalue weighted by Crippen LogP contribution is 2.43. The van der Waals surface area contributed by atoms with Gasteiger partial charge >= 0.3 is 0 Å². The van der Waals surface area contributed by atoms with E-state index in [1.165, 1.54) is 41.7 Å². The molecule has 1 aliphatic heterocycles. The Morgan fingerprint density at radius 2 is 1.15 bits per heavy atom. The van der Waals surface area contributed by atoms with Crippen LogP contribution in [0.25, 0.3) is 96.8 Å². The number of thiophene rings is 1. The molecule has 4 heterocycles. The van der Waals surface area contributed by atoms with Crippen LogP contribution in [0.5, 0.6) is 0 Å². The minimum absolute atomic E-state index is 0.624. The van der Waals surface area contributed by atoms with Crippen molar-refractivity contribution in [3.8, 4) is 5.69 Å². The first kappa shape index (κ1) is 33.2. The van der Waals surface area contributed by atoms with Gasteiger partial charge in [-0.05, 0) is 70.1 Å². The maximum atomic E-state index is 6.95. The first-order chi connectivity index (χ1) is 29.7. The number of nitrogens with zero attached hydrogens (tertiary/aromatic N) is 3. The number of aromatic nitrogens is 1. The van der Waals surface area contributed by atoms with E-state index < -0.39 is 0 Å². The van der Waals surface area contributed by atoms with E-state index in [9.17, 15) is 0 Å². The molecule has 0 bridgehead atoms. The van der Waals surface area contributed by atoms with Crippen LogP contribution < -0.4 is 0 Å². The summed E-state index contributed by atoms with van der Waals surface area (Å²) in [6.45, 7) is 0. The van der Waals surface area contributed by atoms with Crippen LogP contribution in [0.15, 0.2) is 208 Å². The van der Waals surface area contributed by atoms with E-state index in [2.05, 4.69) is 186 Å². The van der Waals surface area contributed by atoms with Crippen LogP contribution in [0.1, 0.15) is 16.7 Å². The number of hydrogen-bond acceptors (Lipinski definition) is 4. The van der Waals surface area contributed by atoms with Crippen molar-refractivity contribution < 1.29 is 4.42 Å². The number of rotatable bonds is 4. The van der Waals surface area contributed by atoms with Crippen LogP contribution in [0.2, 0.25) is 0 Å². The first-order valence-electron chi connectivity index (χ1n) is 20.1. The number of aliphatic imine (C=N–C) groups is 2. The number of furan rings is 1. The lowest BCUT2D eigenvalue weighted by Gasteiger charge is -2.15. The lowest BCUT2D eigenvalue weighted by Crippen LogP contribution is -2.05. The molecular formula is C55H31N3OS. The van der Waals surface area contributed by atoms with Crippen LogP contribution >= 0.6 is 11.3 Å². The molecule has 13 rings (SSSR count). The fourth-order valence-electron chi connectivity index (χ4n) is 9.33. The second-order valence-electron chi connectivity index (χ2n) is 15.4. The number of amidine groups is 1. The van der Waals surface area contributed by atoms with Crippen molar-refractivity contribution in [3.05, 3.63) is 210 Å². The largest absolute Gasteiger partial charge is 0.454 e. The number of allylic oxidation sites excluding steroid dienone is 1. The Morgan fingerprint density at radius 1 is 0.467 bits per heavy atom. The number of para-hydroxylation sites is 2. The Balaban J connectivity index is 1.16. The molecule has 60 heavy (non-hydrogen) atoms. The molecule has 0 amide bonds. The van der Waals surface area contributed by atoms with Gasteiger partial charge in [0.15, 0.2) is 11.4 Å². The van der Waals surface area contributed by atoms with Crippen molar-refractivity contribution in [1.29, 1.82) is 0 Å². The van der Waals surface area contributed by atoms with Crippen molar-refractivity contribution in [1.82, 2.24) is 4.57 Å². The molecule has 0 unspecified atom stereocenters. The van der Waals surface area contributed by atoms with Crippen molar-refractivity contribution in [2.24, 2.45) is 9.98 Å². The summed E-state index contributed by atoms with van der Waals surface area (Å²) in [5.41, 5.74) is 12.8. The zero-order valence-corrected chi connectivity index (χ0v) is 32.9. The van der Waals surface area contributed by atoms with Gasteiger partial charge in [-0.25, -0.2) is 9.98 Å². The average Bonchev–Trinajstić information content (AvgIpc) is 3.91. The number of benzene rings is 9. The fraction of sp³-hybridized carbons (Fsp3) is 0. The van der Waals surface area contributed by atoms with Crippen molar-refractivity contribution >= 4 is 114 Å². The quantitative estimate of drug-likeness (QED) is 0.164. The monoisotopic (exact) mass is 781 g/mol. The topological polar surface area (TPSA) is 42.8 Å². The van der Waals surface area contributed by atoms with E-state index in [0.717, 1.165) is 71.8 Å². The Hall–Kier alpha value is -7.82. The van der Waals surface area contributed by atoms with E-state index in [4.69, 9.17) is 14.4 Å². The van der Waals surface area contributed by atoms with Gasteiger partial charge in [-0.15, -0.1) is 11.3 Å². The molecule has 3 aromatic heterocycles. The lowest BCUT2D eigenvalue weighted by atomic mass is 10.0. The summed E-state index contributed by atoms with van der Waals surface area (Å²) in [5.74, 6) is 0.624. The molecule has 0 radical (unpaired) electrons. The highest BCUT2D eigenvalue weighted by molar-refractivity contribution is 7.25. The predicted molar refractivity (Wildman–Crippen MR) is 253 cm³/mol. The molecule has 0 N–H and O–H groups in total. The van der Waals surface area contributed by atoms with Crippen LogP contribution in [0.4, 0.5) is 0 Å². The summed E-state index contributed by atoms with van der Waals surface area (Å²) in [6, 6.07) is 64.5.